The number of hydrogen-bond donors (Lipinski definition) is 3. The number of nitrogens with one attached hydrogen (secondary N) is 3. The fourth-order valence-electron chi connectivity index (χ4n) is 5.34. The minimum absolute atomic E-state index is 0.0568. The molecule has 3 aromatic heterocycles. The Kier molecular flexibility index (Phi) is 6.72. The molecule has 0 spiro atoms. The van der Waals surface area contributed by atoms with Crippen molar-refractivity contribution in [3.8, 4) is 0 Å². The summed E-state index contributed by atoms with van der Waals surface area (Å²) in [4.78, 5) is 20.4. The molecule has 8 heteroatoms. The third kappa shape index (κ3) is 5.22. The highest BCUT2D eigenvalue weighted by molar-refractivity contribution is 6.33. The number of rotatable bonds is 6. The highest BCUT2D eigenvalue weighted by Crippen LogP contribution is 2.39. The summed E-state index contributed by atoms with van der Waals surface area (Å²) in [7, 11) is 0. The number of pyridine rings is 2. The number of H-pyrrole nitrogens is 1. The predicted octanol–water partition coefficient (Wildman–Crippen LogP) is 5.19. The molecule has 0 amide bonds. The van der Waals surface area contributed by atoms with E-state index in [1.54, 1.807) is 0 Å². The van der Waals surface area contributed by atoms with Gasteiger partial charge in [-0.05, 0) is 84.6 Å². The van der Waals surface area contributed by atoms with E-state index in [2.05, 4.69) is 68.3 Å². The lowest BCUT2D eigenvalue weighted by atomic mass is 9.82. The molecule has 0 fully saturated rings. The molecule has 0 aromatic carbocycles. The maximum atomic E-state index is 12.5. The maximum absolute atomic E-state index is 12.5. The van der Waals surface area contributed by atoms with Crippen LogP contribution in [0.15, 0.2) is 23.1 Å². The van der Waals surface area contributed by atoms with Crippen molar-refractivity contribution in [1.82, 2.24) is 30.4 Å². The maximum Gasteiger partial charge on any atom is 0.252 e. The molecule has 7 nitrogen and oxygen atoms in total. The summed E-state index contributed by atoms with van der Waals surface area (Å²) in [6.45, 7) is 17.8. The van der Waals surface area contributed by atoms with Crippen molar-refractivity contribution in [2.45, 2.75) is 92.0 Å². The number of aromatic nitrogens is 4. The summed E-state index contributed by atoms with van der Waals surface area (Å²) in [5.74, 6) is 0. The Bertz CT molecular complexity index is 1360. The van der Waals surface area contributed by atoms with E-state index in [1.165, 1.54) is 0 Å². The number of hydrogen-bond acceptors (Lipinski definition) is 5. The van der Waals surface area contributed by atoms with Gasteiger partial charge in [0.1, 0.15) is 0 Å². The van der Waals surface area contributed by atoms with E-state index >= 15 is 0 Å². The molecule has 4 heterocycles. The van der Waals surface area contributed by atoms with Crippen LogP contribution in [0.5, 0.6) is 0 Å². The van der Waals surface area contributed by atoms with E-state index < -0.39 is 0 Å². The molecular formula is C27H37ClN6O. The Balaban J connectivity index is 1.78. The van der Waals surface area contributed by atoms with E-state index in [1.807, 2.05) is 30.8 Å². The molecule has 0 bridgehead atoms. The molecule has 4 rings (SSSR count). The van der Waals surface area contributed by atoms with Gasteiger partial charge < -0.3 is 15.6 Å². The van der Waals surface area contributed by atoms with Crippen molar-refractivity contribution < 1.29 is 0 Å². The van der Waals surface area contributed by atoms with Crippen molar-refractivity contribution >= 4 is 28.2 Å². The van der Waals surface area contributed by atoms with E-state index in [9.17, 15) is 4.79 Å². The van der Waals surface area contributed by atoms with E-state index in [0.29, 0.717) is 18.1 Å². The predicted molar refractivity (Wildman–Crippen MR) is 144 cm³/mol. The second-order valence-electron chi connectivity index (χ2n) is 11.3. The van der Waals surface area contributed by atoms with Crippen LogP contribution < -0.4 is 16.2 Å². The largest absolute Gasteiger partial charge is 0.326 e. The topological polar surface area (TPSA) is 87.6 Å². The van der Waals surface area contributed by atoms with Crippen LogP contribution in [0.25, 0.3) is 16.6 Å². The third-order valence-electron chi connectivity index (χ3n) is 6.50. The Hall–Kier alpha value is -2.48. The molecule has 1 aliphatic rings. The molecule has 0 radical (unpaired) electrons. The lowest BCUT2D eigenvalue weighted by molar-refractivity contribution is 0.297. The van der Waals surface area contributed by atoms with Gasteiger partial charge in [-0.25, -0.2) is 9.67 Å². The Labute approximate surface area is 212 Å². The van der Waals surface area contributed by atoms with Crippen molar-refractivity contribution in [1.29, 1.82) is 0 Å². The zero-order chi connectivity index (χ0) is 25.7. The fraction of sp³-hybridized carbons (Fsp3) is 0.519. The van der Waals surface area contributed by atoms with E-state index in [4.69, 9.17) is 16.6 Å². The van der Waals surface area contributed by atoms with Gasteiger partial charge in [0.05, 0.1) is 16.9 Å². The van der Waals surface area contributed by atoms with Gasteiger partial charge in [0.25, 0.3) is 5.56 Å². The highest BCUT2D eigenvalue weighted by atomic mass is 35.5. The summed E-state index contributed by atoms with van der Waals surface area (Å²) in [6.07, 6.45) is 4.90. The van der Waals surface area contributed by atoms with Gasteiger partial charge in [-0.15, -0.1) is 0 Å². The second-order valence-corrected chi connectivity index (χ2v) is 11.7. The smallest absolute Gasteiger partial charge is 0.252 e. The molecule has 188 valence electrons. The van der Waals surface area contributed by atoms with Crippen molar-refractivity contribution in [3.05, 3.63) is 61.8 Å². The lowest BCUT2D eigenvalue weighted by Gasteiger charge is -2.41. The zero-order valence-corrected chi connectivity index (χ0v) is 22.8. The minimum Gasteiger partial charge on any atom is -0.326 e. The van der Waals surface area contributed by atoms with Crippen LogP contribution in [-0.2, 0) is 13.1 Å². The molecule has 0 saturated carbocycles. The molecule has 0 aliphatic carbocycles. The first-order valence-corrected chi connectivity index (χ1v) is 12.6. The summed E-state index contributed by atoms with van der Waals surface area (Å²) < 4.78 is 1.95. The first kappa shape index (κ1) is 25.6. The average molecular weight is 497 g/mol. The number of fused-ring (bicyclic) bond motifs is 1. The standard InChI is InChI=1S/C27H37ClN6O/c1-15(2)34-24-21(14-30-34)20(13-29-12-19-16(3)9-17(4)31-25(19)35)22(28)23(32-24)18-10-26(5,6)33-27(7,8)11-18/h9-10,14-15,29,33H,11-13H2,1-8H3,(H,31,35). The van der Waals surface area contributed by atoms with E-state index in [0.717, 1.165) is 51.1 Å². The minimum atomic E-state index is -0.183. The van der Waals surface area contributed by atoms with Crippen LogP contribution in [0.4, 0.5) is 0 Å². The van der Waals surface area contributed by atoms with E-state index in [-0.39, 0.29) is 22.7 Å². The highest BCUT2D eigenvalue weighted by Gasteiger charge is 2.34. The Morgan fingerprint density at radius 1 is 1.17 bits per heavy atom. The van der Waals surface area contributed by atoms with Crippen molar-refractivity contribution in [3.63, 3.8) is 0 Å². The van der Waals surface area contributed by atoms with Crippen LogP contribution in [0, 0.1) is 13.8 Å². The molecule has 35 heavy (non-hydrogen) atoms. The molecule has 0 unspecified atom stereocenters. The van der Waals surface area contributed by atoms with Crippen molar-refractivity contribution in [2.75, 3.05) is 0 Å². The molecular weight excluding hydrogens is 460 g/mol. The second kappa shape index (κ2) is 9.19. The van der Waals surface area contributed by atoms with Crippen LogP contribution >= 0.6 is 11.6 Å². The normalized spacial score (nSPS) is 17.3. The van der Waals surface area contributed by atoms with Crippen LogP contribution in [0.1, 0.15) is 82.1 Å². The zero-order valence-electron chi connectivity index (χ0n) is 22.1. The average Bonchev–Trinajstić information content (AvgIpc) is 3.12. The summed E-state index contributed by atoms with van der Waals surface area (Å²) in [5.41, 5.74) is 5.97. The molecule has 1 aliphatic heterocycles. The number of nitrogens with zero attached hydrogens (tertiary/aromatic N) is 3. The number of aryl methyl sites for hydroxylation is 2. The number of halogens is 1. The van der Waals surface area contributed by atoms with Gasteiger partial charge in [0.2, 0.25) is 0 Å². The fourth-order valence-corrected chi connectivity index (χ4v) is 5.67. The first-order valence-electron chi connectivity index (χ1n) is 12.2. The van der Waals surface area contributed by atoms with Gasteiger partial charge in [0.15, 0.2) is 5.65 Å². The molecule has 0 saturated heterocycles. The summed E-state index contributed by atoms with van der Waals surface area (Å²) in [5, 5.41) is 13.3. The van der Waals surface area contributed by atoms with Gasteiger partial charge in [-0.1, -0.05) is 17.7 Å². The molecule has 3 aromatic rings. The third-order valence-corrected chi connectivity index (χ3v) is 6.91. The van der Waals surface area contributed by atoms with Gasteiger partial charge in [0, 0.05) is 46.9 Å². The first-order chi connectivity index (χ1) is 16.3. The molecule has 0 atom stereocenters. The van der Waals surface area contributed by atoms with Crippen LogP contribution in [0.3, 0.4) is 0 Å². The summed E-state index contributed by atoms with van der Waals surface area (Å²) in [6, 6.07) is 2.16. The van der Waals surface area contributed by atoms with Gasteiger partial charge >= 0.3 is 0 Å². The van der Waals surface area contributed by atoms with Gasteiger partial charge in [-0.3, -0.25) is 4.79 Å². The monoisotopic (exact) mass is 496 g/mol. The van der Waals surface area contributed by atoms with Crippen LogP contribution in [-0.4, -0.2) is 30.8 Å². The number of aromatic amines is 1. The molecule has 3 N–H and O–H groups in total. The lowest BCUT2D eigenvalue weighted by Crippen LogP contribution is -2.53. The quantitative estimate of drug-likeness (QED) is 0.437. The van der Waals surface area contributed by atoms with Gasteiger partial charge in [-0.2, -0.15) is 5.10 Å². The SMILES string of the molecule is Cc1cc(C)c(CNCc2c(Cl)c(C3=CC(C)(C)NC(C)(C)C3)nc3c2cnn3C(C)C)c(=O)[nH]1. The summed E-state index contributed by atoms with van der Waals surface area (Å²) >= 11 is 7.09. The van der Waals surface area contributed by atoms with Crippen LogP contribution in [0.2, 0.25) is 5.02 Å². The Morgan fingerprint density at radius 2 is 1.86 bits per heavy atom. The van der Waals surface area contributed by atoms with Crippen molar-refractivity contribution in [2.24, 2.45) is 0 Å². The Morgan fingerprint density at radius 3 is 2.49 bits per heavy atom.